The van der Waals surface area contributed by atoms with E-state index < -0.39 is 0 Å². The van der Waals surface area contributed by atoms with Crippen molar-refractivity contribution in [1.82, 2.24) is 39.6 Å². The lowest BCUT2D eigenvalue weighted by molar-refractivity contribution is -0.120. The topological polar surface area (TPSA) is 155 Å². The van der Waals surface area contributed by atoms with Crippen molar-refractivity contribution in [2.24, 2.45) is 5.92 Å². The quantitative estimate of drug-likeness (QED) is 0.153. The number of anilines is 2. The number of imidazole rings is 1. The van der Waals surface area contributed by atoms with Crippen LogP contribution in [0.3, 0.4) is 0 Å². The van der Waals surface area contributed by atoms with E-state index in [4.69, 9.17) is 4.74 Å². The highest BCUT2D eigenvalue weighted by Gasteiger charge is 2.28. The highest BCUT2D eigenvalue weighted by Crippen LogP contribution is 2.36. The number of fused-ring (bicyclic) bond motifs is 3. The molecule has 0 spiro atoms. The van der Waals surface area contributed by atoms with Crippen LogP contribution < -0.4 is 20.3 Å². The number of nitrogens with zero attached hydrogens (tertiary/aromatic N) is 7. The van der Waals surface area contributed by atoms with E-state index >= 15 is 0 Å². The van der Waals surface area contributed by atoms with Gasteiger partial charge in [-0.15, -0.1) is 0 Å². The molecule has 1 saturated carbocycles. The van der Waals surface area contributed by atoms with Crippen molar-refractivity contribution < 1.29 is 19.1 Å². The molecule has 2 aromatic carbocycles. The maximum Gasteiger partial charge on any atom is 0.328 e. The van der Waals surface area contributed by atoms with Gasteiger partial charge in [0.05, 0.1) is 41.8 Å². The van der Waals surface area contributed by atoms with Gasteiger partial charge in [-0.1, -0.05) is 38.2 Å². The van der Waals surface area contributed by atoms with E-state index in [2.05, 4.69) is 59.4 Å². The van der Waals surface area contributed by atoms with Crippen molar-refractivity contribution >= 4 is 56.8 Å². The number of urea groups is 1. The van der Waals surface area contributed by atoms with Crippen molar-refractivity contribution in [1.29, 1.82) is 0 Å². The molecule has 1 aliphatic carbocycles. The minimum atomic E-state index is -0.314. The SMILES string of the molecule is COc1cc2[nH]ncc2cc1C(=O)Nc1cnc2cccnn12.Cc1cc2c(N3CCC(=O)NC3=O)cccc2n1C1CCN(CCC2CCCCC2)CC1. The van der Waals surface area contributed by atoms with E-state index in [1.165, 1.54) is 89.3 Å². The lowest BCUT2D eigenvalue weighted by Crippen LogP contribution is -2.49. The molecule has 0 unspecified atom stereocenters. The first-order chi connectivity index (χ1) is 26.9. The number of hydrogen-bond donors (Lipinski definition) is 3. The van der Waals surface area contributed by atoms with Gasteiger partial charge in [0, 0.05) is 60.8 Å². The summed E-state index contributed by atoms with van der Waals surface area (Å²) in [5.41, 5.74) is 5.22. The summed E-state index contributed by atoms with van der Waals surface area (Å²) in [6.07, 6.45) is 16.1. The number of rotatable bonds is 8. The normalized spacial score (nSPS) is 17.4. The molecular formula is C41H48N10O4. The number of methoxy groups -OCH3 is 1. The summed E-state index contributed by atoms with van der Waals surface area (Å²) in [6, 6.07) is 15.7. The molecule has 286 valence electrons. The minimum Gasteiger partial charge on any atom is -0.496 e. The Hall–Kier alpha value is -5.76. The number of piperidine rings is 1. The van der Waals surface area contributed by atoms with Crippen LogP contribution in [0.2, 0.25) is 0 Å². The summed E-state index contributed by atoms with van der Waals surface area (Å²) < 4.78 is 9.35. The number of imide groups is 1. The largest absolute Gasteiger partial charge is 0.496 e. The molecule has 9 rings (SSSR count). The van der Waals surface area contributed by atoms with Crippen LogP contribution in [0.4, 0.5) is 16.3 Å². The average molecular weight is 745 g/mol. The van der Waals surface area contributed by atoms with Gasteiger partial charge in [-0.05, 0) is 75.0 Å². The maximum atomic E-state index is 12.6. The van der Waals surface area contributed by atoms with Crippen LogP contribution in [0, 0.1) is 12.8 Å². The highest BCUT2D eigenvalue weighted by atomic mass is 16.5. The van der Waals surface area contributed by atoms with Gasteiger partial charge in [0.1, 0.15) is 5.75 Å². The Morgan fingerprint density at radius 1 is 0.982 bits per heavy atom. The summed E-state index contributed by atoms with van der Waals surface area (Å²) in [5, 5.41) is 18.2. The van der Waals surface area contributed by atoms with E-state index in [1.54, 1.807) is 52.3 Å². The molecule has 4 amide bonds. The molecule has 6 heterocycles. The Bertz CT molecular complexity index is 2330. The number of hydrogen-bond acceptors (Lipinski definition) is 8. The molecular weight excluding hydrogens is 697 g/mol. The Kier molecular flexibility index (Phi) is 10.5. The van der Waals surface area contributed by atoms with Crippen LogP contribution in [0.1, 0.15) is 79.9 Å². The molecule has 4 aromatic heterocycles. The molecule has 3 fully saturated rings. The predicted molar refractivity (Wildman–Crippen MR) is 212 cm³/mol. The van der Waals surface area contributed by atoms with Crippen LogP contribution in [-0.2, 0) is 4.79 Å². The summed E-state index contributed by atoms with van der Waals surface area (Å²) in [5.74, 6) is 1.40. The number of carbonyl (C=O) groups is 3. The second kappa shape index (κ2) is 15.9. The van der Waals surface area contributed by atoms with Crippen molar-refractivity contribution in [2.75, 3.05) is 43.5 Å². The summed E-state index contributed by atoms with van der Waals surface area (Å²) in [7, 11) is 1.52. The number of H-pyrrole nitrogens is 1. The smallest absolute Gasteiger partial charge is 0.328 e. The van der Waals surface area contributed by atoms with Crippen LogP contribution in [0.5, 0.6) is 5.75 Å². The standard InChI is InChI=1S/C26H36N4O2.C15H12N6O2/c1-19-18-22-23(29-17-13-25(31)27-26(29)32)8-5-9-24(22)30(19)21-11-15-28(16-12-21)14-10-20-6-3-2-4-7-20;1-23-12-6-11-9(7-17-20-11)5-10(12)15(22)19-14-8-16-13-3-2-4-18-21(13)14/h5,8-9,18,20-21H,2-4,6-7,10-17H2,1H3,(H,27,31,32);2-8H,1H3,(H,17,20)(H,19,22). The monoisotopic (exact) mass is 744 g/mol. The maximum absolute atomic E-state index is 12.6. The number of amides is 4. The van der Waals surface area contributed by atoms with Gasteiger partial charge in [-0.2, -0.15) is 14.7 Å². The second-order valence-electron chi connectivity index (χ2n) is 14.9. The van der Waals surface area contributed by atoms with E-state index in [1.807, 2.05) is 12.1 Å². The van der Waals surface area contributed by atoms with Crippen LogP contribution in [-0.4, -0.2) is 85.4 Å². The van der Waals surface area contributed by atoms with Crippen LogP contribution in [0.15, 0.2) is 67.1 Å². The third-order valence-corrected chi connectivity index (χ3v) is 11.4. The number of nitrogens with one attached hydrogen (secondary N) is 3. The Labute approximate surface area is 319 Å². The number of aromatic amines is 1. The summed E-state index contributed by atoms with van der Waals surface area (Å²) in [4.78, 5) is 45.2. The first kappa shape index (κ1) is 36.2. The predicted octanol–water partition coefficient (Wildman–Crippen LogP) is 6.87. The van der Waals surface area contributed by atoms with Crippen LogP contribution >= 0.6 is 0 Å². The zero-order valence-corrected chi connectivity index (χ0v) is 31.5. The van der Waals surface area contributed by atoms with Crippen molar-refractivity contribution in [3.05, 3.63) is 78.4 Å². The van der Waals surface area contributed by atoms with Gasteiger partial charge in [0.25, 0.3) is 5.91 Å². The molecule has 2 saturated heterocycles. The molecule has 14 nitrogen and oxygen atoms in total. The number of ether oxygens (including phenoxy) is 1. The fourth-order valence-electron chi connectivity index (χ4n) is 8.54. The van der Waals surface area contributed by atoms with E-state index in [-0.39, 0.29) is 17.8 Å². The second-order valence-corrected chi connectivity index (χ2v) is 14.9. The van der Waals surface area contributed by atoms with Gasteiger partial charge < -0.3 is 19.5 Å². The Morgan fingerprint density at radius 3 is 2.62 bits per heavy atom. The summed E-state index contributed by atoms with van der Waals surface area (Å²) in [6.45, 7) is 6.22. The number of likely N-dealkylation sites (tertiary alicyclic amines) is 1. The molecule has 0 atom stereocenters. The lowest BCUT2D eigenvalue weighted by atomic mass is 9.87. The fraction of sp³-hybridized carbons (Fsp3) is 0.415. The molecule has 55 heavy (non-hydrogen) atoms. The summed E-state index contributed by atoms with van der Waals surface area (Å²) >= 11 is 0. The molecule has 2 aliphatic heterocycles. The van der Waals surface area contributed by atoms with Crippen molar-refractivity contribution in [3.63, 3.8) is 0 Å². The average Bonchev–Trinajstić information content (AvgIpc) is 3.94. The van der Waals surface area contributed by atoms with Gasteiger partial charge >= 0.3 is 6.03 Å². The van der Waals surface area contributed by atoms with Crippen LogP contribution in [0.25, 0.3) is 27.5 Å². The molecule has 0 bridgehead atoms. The zero-order valence-electron chi connectivity index (χ0n) is 31.5. The fourth-order valence-corrected chi connectivity index (χ4v) is 8.54. The molecule has 3 aliphatic rings. The molecule has 3 N–H and O–H groups in total. The van der Waals surface area contributed by atoms with Gasteiger partial charge in [0.15, 0.2) is 11.5 Å². The number of benzene rings is 2. The van der Waals surface area contributed by atoms with Gasteiger partial charge in [-0.25, -0.2) is 9.78 Å². The van der Waals surface area contributed by atoms with E-state index in [9.17, 15) is 14.4 Å². The number of aryl methyl sites for hydroxylation is 1. The first-order valence-corrected chi connectivity index (χ1v) is 19.4. The molecule has 6 aromatic rings. The van der Waals surface area contributed by atoms with E-state index in [0.29, 0.717) is 41.8 Å². The Balaban J connectivity index is 0.000000164. The van der Waals surface area contributed by atoms with Gasteiger partial charge in [-0.3, -0.25) is 24.9 Å². The zero-order chi connectivity index (χ0) is 37.9. The third kappa shape index (κ3) is 7.63. The van der Waals surface area contributed by atoms with Gasteiger partial charge in [0.2, 0.25) is 5.91 Å². The number of carbonyl (C=O) groups excluding carboxylic acids is 3. The first-order valence-electron chi connectivity index (χ1n) is 19.4. The Morgan fingerprint density at radius 2 is 1.82 bits per heavy atom. The third-order valence-electron chi connectivity index (χ3n) is 11.4. The molecule has 14 heteroatoms. The minimum absolute atomic E-state index is 0.192. The molecule has 0 radical (unpaired) electrons. The van der Waals surface area contributed by atoms with Crippen molar-refractivity contribution in [3.8, 4) is 5.75 Å². The van der Waals surface area contributed by atoms with E-state index in [0.717, 1.165) is 27.9 Å². The lowest BCUT2D eigenvalue weighted by Gasteiger charge is -2.35. The van der Waals surface area contributed by atoms with Crippen molar-refractivity contribution in [2.45, 2.75) is 70.8 Å². The highest BCUT2D eigenvalue weighted by molar-refractivity contribution is 6.10. The number of aromatic nitrogens is 6.